The minimum atomic E-state index is -3.85. The fourth-order valence-corrected chi connectivity index (χ4v) is 3.75. The first-order valence-electron chi connectivity index (χ1n) is 7.95. The Morgan fingerprint density at radius 1 is 1.21 bits per heavy atom. The molecule has 0 radical (unpaired) electrons. The van der Waals surface area contributed by atoms with Gasteiger partial charge in [-0.25, -0.2) is 13.1 Å². The second kappa shape index (κ2) is 6.36. The number of carbonyl (C=O) groups excluding carboxylic acids is 1. The van der Waals surface area contributed by atoms with Gasteiger partial charge in [-0.15, -0.1) is 0 Å². The van der Waals surface area contributed by atoms with Crippen LogP contribution in [0, 0.1) is 5.92 Å². The predicted molar refractivity (Wildman–Crippen MR) is 90.9 cm³/mol. The SMILES string of the molecule is CC(C)c1ccc([C@@H]2C[C@H]2C(=O)NS(=O)(=O)c2cccnc2)cc1. The van der Waals surface area contributed by atoms with E-state index in [-0.39, 0.29) is 16.7 Å². The van der Waals surface area contributed by atoms with Crippen molar-refractivity contribution in [2.75, 3.05) is 0 Å². The highest BCUT2D eigenvalue weighted by molar-refractivity contribution is 7.90. The van der Waals surface area contributed by atoms with Crippen molar-refractivity contribution < 1.29 is 13.2 Å². The van der Waals surface area contributed by atoms with Crippen LogP contribution in [0.1, 0.15) is 43.2 Å². The van der Waals surface area contributed by atoms with Crippen LogP contribution < -0.4 is 4.72 Å². The summed E-state index contributed by atoms with van der Waals surface area (Å²) in [5.74, 6) is -0.185. The molecule has 1 aliphatic carbocycles. The first kappa shape index (κ1) is 16.6. The maximum atomic E-state index is 12.2. The van der Waals surface area contributed by atoms with Crippen LogP contribution in [0.2, 0.25) is 0 Å². The van der Waals surface area contributed by atoms with Crippen molar-refractivity contribution in [2.45, 2.75) is 37.0 Å². The molecule has 6 heteroatoms. The molecule has 0 bridgehead atoms. The van der Waals surface area contributed by atoms with Crippen LogP contribution in [0.3, 0.4) is 0 Å². The molecule has 1 N–H and O–H groups in total. The molecule has 1 aromatic heterocycles. The molecular weight excluding hydrogens is 324 g/mol. The van der Waals surface area contributed by atoms with E-state index in [2.05, 4.69) is 35.7 Å². The number of aromatic nitrogens is 1. The third-order valence-corrected chi connectivity index (χ3v) is 5.67. The van der Waals surface area contributed by atoms with Crippen molar-refractivity contribution in [2.24, 2.45) is 5.92 Å². The Morgan fingerprint density at radius 2 is 1.92 bits per heavy atom. The lowest BCUT2D eigenvalue weighted by atomic mass is 10.00. The molecule has 0 unspecified atom stereocenters. The van der Waals surface area contributed by atoms with Crippen LogP contribution in [-0.4, -0.2) is 19.3 Å². The maximum Gasteiger partial charge on any atom is 0.265 e. The summed E-state index contributed by atoms with van der Waals surface area (Å²) < 4.78 is 26.5. The number of hydrogen-bond acceptors (Lipinski definition) is 4. The van der Waals surface area contributed by atoms with Crippen LogP contribution in [0.25, 0.3) is 0 Å². The standard InChI is InChI=1S/C18H20N2O3S/c1-12(2)13-5-7-14(8-6-13)16-10-17(16)18(21)20-24(22,23)15-4-3-9-19-11-15/h3-9,11-12,16-17H,10H2,1-2H3,(H,20,21)/t16-,17+/m0/s1. The molecule has 1 aliphatic rings. The van der Waals surface area contributed by atoms with Gasteiger partial charge in [-0.05, 0) is 41.5 Å². The number of sulfonamides is 1. The van der Waals surface area contributed by atoms with Crippen molar-refractivity contribution in [1.82, 2.24) is 9.71 Å². The van der Waals surface area contributed by atoms with E-state index in [4.69, 9.17) is 0 Å². The van der Waals surface area contributed by atoms with E-state index < -0.39 is 15.9 Å². The third-order valence-electron chi connectivity index (χ3n) is 4.34. The van der Waals surface area contributed by atoms with E-state index in [1.165, 1.54) is 30.1 Å². The molecule has 0 spiro atoms. The zero-order chi connectivity index (χ0) is 17.3. The second-order valence-corrected chi connectivity index (χ2v) is 8.11. The maximum absolute atomic E-state index is 12.2. The Morgan fingerprint density at radius 3 is 2.50 bits per heavy atom. The van der Waals surface area contributed by atoms with Gasteiger partial charge in [0.25, 0.3) is 10.0 Å². The number of pyridine rings is 1. The van der Waals surface area contributed by atoms with Crippen LogP contribution in [0.5, 0.6) is 0 Å². The van der Waals surface area contributed by atoms with Gasteiger partial charge in [0, 0.05) is 18.3 Å². The summed E-state index contributed by atoms with van der Waals surface area (Å²) in [6.07, 6.45) is 3.39. The molecule has 24 heavy (non-hydrogen) atoms. The van der Waals surface area contributed by atoms with Crippen molar-refractivity contribution in [3.63, 3.8) is 0 Å². The molecule has 1 fully saturated rings. The smallest absolute Gasteiger partial charge is 0.265 e. The van der Waals surface area contributed by atoms with Gasteiger partial charge in [0.05, 0.1) is 0 Å². The van der Waals surface area contributed by atoms with Gasteiger partial charge in [0.2, 0.25) is 5.91 Å². The first-order chi connectivity index (χ1) is 11.4. The number of hydrogen-bond donors (Lipinski definition) is 1. The lowest BCUT2D eigenvalue weighted by molar-refractivity contribution is -0.120. The largest absolute Gasteiger partial charge is 0.274 e. The van der Waals surface area contributed by atoms with Crippen LogP contribution in [0.15, 0.2) is 53.7 Å². The number of carbonyl (C=O) groups is 1. The van der Waals surface area contributed by atoms with Crippen molar-refractivity contribution in [3.05, 3.63) is 59.9 Å². The molecule has 1 heterocycles. The van der Waals surface area contributed by atoms with E-state index in [9.17, 15) is 13.2 Å². The molecular formula is C18H20N2O3S. The lowest BCUT2D eigenvalue weighted by Gasteiger charge is -2.08. The zero-order valence-electron chi connectivity index (χ0n) is 13.6. The molecule has 2 aromatic rings. The van der Waals surface area contributed by atoms with Crippen molar-refractivity contribution in [3.8, 4) is 0 Å². The summed E-state index contributed by atoms with van der Waals surface area (Å²) in [6, 6.07) is 11.1. The van der Waals surface area contributed by atoms with E-state index in [1.807, 2.05) is 12.1 Å². The predicted octanol–water partition coefficient (Wildman–Crippen LogP) is 2.81. The number of amides is 1. The topological polar surface area (TPSA) is 76.1 Å². The summed E-state index contributed by atoms with van der Waals surface area (Å²) in [5, 5.41) is 0. The molecule has 1 amide bonds. The Labute approximate surface area is 142 Å². The van der Waals surface area contributed by atoms with Crippen LogP contribution in [0.4, 0.5) is 0 Å². The fourth-order valence-electron chi connectivity index (χ4n) is 2.75. The van der Waals surface area contributed by atoms with E-state index in [1.54, 1.807) is 0 Å². The van der Waals surface area contributed by atoms with E-state index >= 15 is 0 Å². The Hall–Kier alpha value is -2.21. The average molecular weight is 344 g/mol. The Balaban J connectivity index is 1.66. The monoisotopic (exact) mass is 344 g/mol. The zero-order valence-corrected chi connectivity index (χ0v) is 14.5. The summed E-state index contributed by atoms with van der Waals surface area (Å²) in [6.45, 7) is 4.26. The van der Waals surface area contributed by atoms with Gasteiger partial charge in [0.15, 0.2) is 0 Å². The Kier molecular flexibility index (Phi) is 4.41. The molecule has 1 saturated carbocycles. The third kappa shape index (κ3) is 3.48. The number of benzene rings is 1. The summed E-state index contributed by atoms with van der Waals surface area (Å²) in [7, 11) is -3.85. The molecule has 126 valence electrons. The molecule has 0 aliphatic heterocycles. The van der Waals surface area contributed by atoms with Gasteiger partial charge in [-0.1, -0.05) is 38.1 Å². The molecule has 0 saturated heterocycles. The highest BCUT2D eigenvalue weighted by atomic mass is 32.2. The van der Waals surface area contributed by atoms with Crippen molar-refractivity contribution >= 4 is 15.9 Å². The first-order valence-corrected chi connectivity index (χ1v) is 9.43. The van der Waals surface area contributed by atoms with Gasteiger partial charge in [-0.3, -0.25) is 9.78 Å². The summed E-state index contributed by atoms with van der Waals surface area (Å²) >= 11 is 0. The second-order valence-electron chi connectivity index (χ2n) is 6.43. The highest BCUT2D eigenvalue weighted by Crippen LogP contribution is 2.47. The summed E-state index contributed by atoms with van der Waals surface area (Å²) in [4.78, 5) is 16.0. The average Bonchev–Trinajstić information content (AvgIpc) is 3.36. The van der Waals surface area contributed by atoms with Gasteiger partial charge in [0.1, 0.15) is 4.90 Å². The number of nitrogens with one attached hydrogen (secondary N) is 1. The minimum Gasteiger partial charge on any atom is -0.274 e. The molecule has 1 aromatic carbocycles. The van der Waals surface area contributed by atoms with Crippen LogP contribution >= 0.6 is 0 Å². The van der Waals surface area contributed by atoms with Crippen molar-refractivity contribution in [1.29, 1.82) is 0 Å². The number of rotatable bonds is 5. The van der Waals surface area contributed by atoms with Gasteiger partial charge in [-0.2, -0.15) is 0 Å². The summed E-state index contributed by atoms with van der Waals surface area (Å²) in [5.41, 5.74) is 2.33. The number of nitrogens with zero attached hydrogens (tertiary/aromatic N) is 1. The van der Waals surface area contributed by atoms with Crippen LogP contribution in [-0.2, 0) is 14.8 Å². The highest BCUT2D eigenvalue weighted by Gasteiger charge is 2.45. The molecule has 2 atom stereocenters. The fraction of sp³-hybridized carbons (Fsp3) is 0.333. The quantitative estimate of drug-likeness (QED) is 0.905. The van der Waals surface area contributed by atoms with E-state index in [0.29, 0.717) is 12.3 Å². The molecule has 5 nitrogen and oxygen atoms in total. The Bertz CT molecular complexity index is 830. The van der Waals surface area contributed by atoms with E-state index in [0.717, 1.165) is 5.56 Å². The minimum absolute atomic E-state index is 0.00293. The van der Waals surface area contributed by atoms with Gasteiger partial charge < -0.3 is 0 Å². The van der Waals surface area contributed by atoms with Gasteiger partial charge >= 0.3 is 0 Å². The molecule has 3 rings (SSSR count). The normalized spacial score (nSPS) is 20.0. The lowest BCUT2D eigenvalue weighted by Crippen LogP contribution is -2.32.